The van der Waals surface area contributed by atoms with Gasteiger partial charge < -0.3 is 20.0 Å². The number of carboxylic acids is 1. The van der Waals surface area contributed by atoms with Gasteiger partial charge in [-0.1, -0.05) is 11.6 Å². The summed E-state index contributed by atoms with van der Waals surface area (Å²) in [6.07, 6.45) is -0.167. The van der Waals surface area contributed by atoms with Crippen LogP contribution in [-0.2, 0) is 11.2 Å². The number of thiazole rings is 1. The van der Waals surface area contributed by atoms with Crippen LogP contribution < -0.4 is 15.2 Å². The van der Waals surface area contributed by atoms with Gasteiger partial charge in [-0.3, -0.25) is 0 Å². The van der Waals surface area contributed by atoms with Crippen LogP contribution in [0.25, 0.3) is 0 Å². The van der Waals surface area contributed by atoms with Crippen molar-refractivity contribution < 1.29 is 14.6 Å². The number of anilines is 1. The fourth-order valence-corrected chi connectivity index (χ4v) is 2.34. The van der Waals surface area contributed by atoms with Crippen LogP contribution in [0.15, 0.2) is 29.6 Å². The molecule has 1 aromatic heterocycles. The lowest BCUT2D eigenvalue weighted by molar-refractivity contribution is -0.304. The molecular formula is C13H12ClN2O3S-. The predicted octanol–water partition coefficient (Wildman–Crippen LogP) is 1.58. The van der Waals surface area contributed by atoms with E-state index in [1.165, 1.54) is 11.3 Å². The summed E-state index contributed by atoms with van der Waals surface area (Å²) in [5.41, 5.74) is 0.496. The molecule has 0 saturated carbocycles. The lowest BCUT2D eigenvalue weighted by Gasteiger charge is -2.06. The Bertz CT molecular complexity index is 571. The molecule has 2 rings (SSSR count). The monoisotopic (exact) mass is 311 g/mol. The molecule has 0 amide bonds. The zero-order valence-corrected chi connectivity index (χ0v) is 12.0. The number of carbonyl (C=O) groups is 1. The molecule has 2 aromatic rings. The Morgan fingerprint density at radius 1 is 1.40 bits per heavy atom. The average Bonchev–Trinajstić information content (AvgIpc) is 2.83. The standard InChI is InChI=1S/C13H13ClN2O3S/c14-9-1-3-11(4-2-9)19-6-5-15-13-16-10(8-20-13)7-12(17)18/h1-4,8H,5-7H2,(H,15,16)(H,17,18)/p-1. The number of rotatable bonds is 7. The summed E-state index contributed by atoms with van der Waals surface area (Å²) >= 11 is 7.12. The van der Waals surface area contributed by atoms with Crippen LogP contribution in [0.5, 0.6) is 5.75 Å². The van der Waals surface area contributed by atoms with Crippen molar-refractivity contribution in [2.45, 2.75) is 6.42 Å². The Kier molecular flexibility index (Phi) is 5.20. The normalized spacial score (nSPS) is 10.2. The number of hydrogen-bond acceptors (Lipinski definition) is 6. The number of ether oxygens (including phenoxy) is 1. The van der Waals surface area contributed by atoms with Crippen molar-refractivity contribution in [1.82, 2.24) is 4.98 Å². The van der Waals surface area contributed by atoms with E-state index in [1.807, 2.05) is 0 Å². The second-order valence-corrected chi connectivity index (χ2v) is 5.22. The Labute approximate surface area is 125 Å². The van der Waals surface area contributed by atoms with Crippen molar-refractivity contribution in [2.24, 2.45) is 0 Å². The molecule has 0 unspecified atom stereocenters. The number of aliphatic carboxylic acids is 1. The summed E-state index contributed by atoms with van der Waals surface area (Å²) in [5.74, 6) is -0.388. The highest BCUT2D eigenvalue weighted by Crippen LogP contribution is 2.16. The largest absolute Gasteiger partial charge is 0.550 e. The average molecular weight is 312 g/mol. The summed E-state index contributed by atoms with van der Waals surface area (Å²) < 4.78 is 5.51. The van der Waals surface area contributed by atoms with E-state index in [0.29, 0.717) is 29.0 Å². The van der Waals surface area contributed by atoms with E-state index in [-0.39, 0.29) is 6.42 Å². The number of nitrogens with zero attached hydrogens (tertiary/aromatic N) is 1. The van der Waals surface area contributed by atoms with Crippen molar-refractivity contribution in [3.05, 3.63) is 40.4 Å². The first-order valence-corrected chi connectivity index (χ1v) is 7.16. The zero-order valence-electron chi connectivity index (χ0n) is 10.5. The maximum atomic E-state index is 10.4. The Morgan fingerprint density at radius 2 is 2.15 bits per heavy atom. The van der Waals surface area contributed by atoms with E-state index in [2.05, 4.69) is 10.3 Å². The van der Waals surface area contributed by atoms with E-state index >= 15 is 0 Å². The molecule has 0 spiro atoms. The maximum Gasteiger partial charge on any atom is 0.182 e. The van der Waals surface area contributed by atoms with Gasteiger partial charge in [-0.2, -0.15) is 0 Å². The highest BCUT2D eigenvalue weighted by Gasteiger charge is 2.01. The molecule has 0 fully saturated rings. The number of aromatic nitrogens is 1. The van der Waals surface area contributed by atoms with Crippen molar-refractivity contribution in [3.8, 4) is 5.75 Å². The van der Waals surface area contributed by atoms with Gasteiger partial charge in [0.2, 0.25) is 0 Å². The van der Waals surface area contributed by atoms with Crippen molar-refractivity contribution >= 4 is 34.0 Å². The maximum absolute atomic E-state index is 10.4. The minimum atomic E-state index is -1.13. The zero-order chi connectivity index (χ0) is 14.4. The first kappa shape index (κ1) is 14.6. The van der Waals surface area contributed by atoms with Gasteiger partial charge >= 0.3 is 0 Å². The minimum Gasteiger partial charge on any atom is -0.550 e. The smallest absolute Gasteiger partial charge is 0.182 e. The van der Waals surface area contributed by atoms with Crippen LogP contribution in [-0.4, -0.2) is 24.1 Å². The minimum absolute atomic E-state index is 0.167. The number of carboxylic acid groups (broad SMARTS) is 1. The van der Waals surface area contributed by atoms with Gasteiger partial charge in [-0.15, -0.1) is 11.3 Å². The molecule has 1 aromatic carbocycles. The van der Waals surface area contributed by atoms with Gasteiger partial charge in [0.05, 0.1) is 12.2 Å². The quantitative estimate of drug-likeness (QED) is 0.786. The van der Waals surface area contributed by atoms with E-state index in [0.717, 1.165) is 5.75 Å². The molecule has 20 heavy (non-hydrogen) atoms. The topological polar surface area (TPSA) is 74.3 Å². The summed E-state index contributed by atoms with van der Waals surface area (Å²) in [7, 11) is 0. The summed E-state index contributed by atoms with van der Waals surface area (Å²) in [6.45, 7) is 1.04. The van der Waals surface area contributed by atoms with Crippen molar-refractivity contribution in [3.63, 3.8) is 0 Å². The number of benzene rings is 1. The van der Waals surface area contributed by atoms with Gasteiger partial charge in [0.25, 0.3) is 0 Å². The van der Waals surface area contributed by atoms with Crippen LogP contribution in [0.2, 0.25) is 5.02 Å². The number of carbonyl (C=O) groups excluding carboxylic acids is 1. The molecule has 0 aliphatic heterocycles. The molecule has 7 heteroatoms. The lowest BCUT2D eigenvalue weighted by atomic mass is 10.3. The molecule has 0 bridgehead atoms. The van der Waals surface area contributed by atoms with Gasteiger partial charge in [0.15, 0.2) is 5.13 Å². The molecule has 0 atom stereocenters. The molecule has 1 heterocycles. The second-order valence-electron chi connectivity index (χ2n) is 3.92. The number of hydrogen-bond donors (Lipinski definition) is 1. The fraction of sp³-hybridized carbons (Fsp3) is 0.231. The summed E-state index contributed by atoms with van der Waals surface area (Å²) in [4.78, 5) is 14.5. The molecule has 1 N–H and O–H groups in total. The van der Waals surface area contributed by atoms with Crippen molar-refractivity contribution in [2.75, 3.05) is 18.5 Å². The first-order chi connectivity index (χ1) is 9.63. The molecule has 0 radical (unpaired) electrons. The van der Waals surface area contributed by atoms with E-state index in [1.54, 1.807) is 29.6 Å². The highest BCUT2D eigenvalue weighted by molar-refractivity contribution is 7.13. The van der Waals surface area contributed by atoms with Crippen LogP contribution in [0.4, 0.5) is 5.13 Å². The SMILES string of the molecule is O=C([O-])Cc1csc(NCCOc2ccc(Cl)cc2)n1. The van der Waals surface area contributed by atoms with E-state index in [9.17, 15) is 9.90 Å². The lowest BCUT2D eigenvalue weighted by Crippen LogP contribution is -2.24. The fourth-order valence-electron chi connectivity index (χ4n) is 1.47. The van der Waals surface area contributed by atoms with Crippen LogP contribution in [0.1, 0.15) is 5.69 Å². The highest BCUT2D eigenvalue weighted by atomic mass is 35.5. The third-order valence-electron chi connectivity index (χ3n) is 2.34. The molecule has 0 saturated heterocycles. The van der Waals surface area contributed by atoms with Gasteiger partial charge in [0, 0.05) is 22.8 Å². The Hall–Kier alpha value is -1.79. The Morgan fingerprint density at radius 3 is 2.85 bits per heavy atom. The summed E-state index contributed by atoms with van der Waals surface area (Å²) in [5, 5.41) is 16.5. The van der Waals surface area contributed by atoms with Crippen LogP contribution in [0.3, 0.4) is 0 Å². The third-order valence-corrected chi connectivity index (χ3v) is 3.44. The summed E-state index contributed by atoms with van der Waals surface area (Å²) in [6, 6.07) is 7.11. The van der Waals surface area contributed by atoms with Crippen LogP contribution >= 0.6 is 22.9 Å². The number of halogens is 1. The third kappa shape index (κ3) is 4.71. The Balaban J connectivity index is 1.71. The molecule has 0 aliphatic carbocycles. The molecule has 0 aliphatic rings. The second kappa shape index (κ2) is 7.12. The van der Waals surface area contributed by atoms with E-state index < -0.39 is 5.97 Å². The number of nitrogens with one attached hydrogen (secondary N) is 1. The van der Waals surface area contributed by atoms with Gasteiger partial charge in [-0.25, -0.2) is 4.98 Å². The van der Waals surface area contributed by atoms with Gasteiger partial charge in [0.1, 0.15) is 12.4 Å². The predicted molar refractivity (Wildman–Crippen MR) is 76.3 cm³/mol. The van der Waals surface area contributed by atoms with E-state index in [4.69, 9.17) is 16.3 Å². The van der Waals surface area contributed by atoms with Crippen LogP contribution in [0, 0.1) is 0 Å². The van der Waals surface area contributed by atoms with Gasteiger partial charge in [-0.05, 0) is 24.3 Å². The van der Waals surface area contributed by atoms with Crippen molar-refractivity contribution in [1.29, 1.82) is 0 Å². The molecule has 5 nitrogen and oxygen atoms in total. The molecule has 106 valence electrons. The first-order valence-electron chi connectivity index (χ1n) is 5.90. The molecular weight excluding hydrogens is 300 g/mol.